The van der Waals surface area contributed by atoms with Gasteiger partial charge in [0.1, 0.15) is 5.75 Å². The number of methoxy groups -OCH3 is 1. The number of rotatable bonds is 2. The van der Waals surface area contributed by atoms with E-state index in [9.17, 15) is 13.2 Å². The van der Waals surface area contributed by atoms with E-state index in [2.05, 4.69) is 0 Å². The topological polar surface area (TPSA) is 9.23 Å². The molecule has 0 bridgehead atoms. The molecule has 1 aromatic rings. The highest BCUT2D eigenvalue weighted by molar-refractivity contribution is 6.89. The number of ether oxygens (including phenoxy) is 1. The van der Waals surface area contributed by atoms with E-state index in [-0.39, 0.29) is 5.75 Å². The number of alkyl halides is 3. The van der Waals surface area contributed by atoms with Crippen molar-refractivity contribution in [1.29, 1.82) is 0 Å². The number of hydrogen-bond donors (Lipinski definition) is 0. The van der Waals surface area contributed by atoms with Gasteiger partial charge in [-0.3, -0.25) is 0 Å². The lowest BCUT2D eigenvalue weighted by Crippen LogP contribution is -2.42. The molecule has 1 aromatic carbocycles. The van der Waals surface area contributed by atoms with Crippen LogP contribution in [0.1, 0.15) is 5.56 Å². The number of benzene rings is 1. The average Bonchev–Trinajstić information content (AvgIpc) is 2.14. The van der Waals surface area contributed by atoms with Gasteiger partial charge in [-0.2, -0.15) is 13.2 Å². The van der Waals surface area contributed by atoms with Gasteiger partial charge in [-0.1, -0.05) is 25.7 Å². The summed E-state index contributed by atoms with van der Waals surface area (Å²) in [5.41, 5.74) is -0.564. The van der Waals surface area contributed by atoms with Crippen molar-refractivity contribution >= 4 is 13.3 Å². The maximum absolute atomic E-state index is 12.9. The Morgan fingerprint density at radius 2 is 1.69 bits per heavy atom. The zero-order chi connectivity index (χ0) is 12.6. The van der Waals surface area contributed by atoms with Crippen LogP contribution in [0.5, 0.6) is 5.75 Å². The fraction of sp³-hybridized carbons (Fsp3) is 0.455. The van der Waals surface area contributed by atoms with Gasteiger partial charge >= 0.3 is 6.18 Å². The second kappa shape index (κ2) is 4.12. The summed E-state index contributed by atoms with van der Waals surface area (Å²) >= 11 is 0. The largest absolute Gasteiger partial charge is 0.497 e. The van der Waals surface area contributed by atoms with Crippen LogP contribution in [0.3, 0.4) is 0 Å². The Kier molecular flexibility index (Phi) is 3.37. The van der Waals surface area contributed by atoms with Gasteiger partial charge in [0.15, 0.2) is 0 Å². The molecule has 0 atom stereocenters. The Bertz CT molecular complexity index is 380. The predicted molar refractivity (Wildman–Crippen MR) is 61.0 cm³/mol. The Labute approximate surface area is 94.2 Å². The van der Waals surface area contributed by atoms with Gasteiger partial charge < -0.3 is 4.74 Å². The lowest BCUT2D eigenvalue weighted by Gasteiger charge is -2.22. The summed E-state index contributed by atoms with van der Waals surface area (Å²) in [6.07, 6.45) is -4.32. The molecule has 0 N–H and O–H groups in total. The van der Waals surface area contributed by atoms with Gasteiger partial charge in [0, 0.05) is 0 Å². The maximum Gasteiger partial charge on any atom is 0.416 e. The number of halogens is 3. The SMILES string of the molecule is COc1ccc([Si](C)(C)C)c(C(F)(F)F)c1. The summed E-state index contributed by atoms with van der Waals surface area (Å²) < 4.78 is 43.4. The van der Waals surface area contributed by atoms with Crippen LogP contribution in [0.25, 0.3) is 0 Å². The molecule has 90 valence electrons. The van der Waals surface area contributed by atoms with Crippen LogP contribution in [-0.4, -0.2) is 15.2 Å². The zero-order valence-electron chi connectivity index (χ0n) is 9.77. The quantitative estimate of drug-likeness (QED) is 0.730. The molecule has 0 amide bonds. The summed E-state index contributed by atoms with van der Waals surface area (Å²) in [6, 6.07) is 4.20. The Hall–Kier alpha value is -0.973. The summed E-state index contributed by atoms with van der Waals surface area (Å²) in [5.74, 6) is 0.245. The second-order valence-corrected chi connectivity index (χ2v) is 9.70. The van der Waals surface area contributed by atoms with Crippen molar-refractivity contribution in [3.63, 3.8) is 0 Å². The van der Waals surface area contributed by atoms with Crippen LogP contribution >= 0.6 is 0 Å². The fourth-order valence-electron chi connectivity index (χ4n) is 1.54. The fourth-order valence-corrected chi connectivity index (χ4v) is 3.14. The van der Waals surface area contributed by atoms with E-state index in [1.54, 1.807) is 6.07 Å². The molecule has 0 saturated heterocycles. The van der Waals surface area contributed by atoms with Crippen LogP contribution < -0.4 is 9.92 Å². The Balaban J connectivity index is 3.40. The Morgan fingerprint density at radius 3 is 2.06 bits per heavy atom. The number of hydrogen-bond acceptors (Lipinski definition) is 1. The van der Waals surface area contributed by atoms with Crippen molar-refractivity contribution in [2.24, 2.45) is 0 Å². The predicted octanol–water partition coefficient (Wildman–Crippen LogP) is 3.26. The molecule has 1 nitrogen and oxygen atoms in total. The average molecular weight is 248 g/mol. The van der Waals surface area contributed by atoms with E-state index in [4.69, 9.17) is 4.74 Å². The standard InChI is InChI=1S/C11H15F3OSi/c1-15-8-5-6-10(16(2,3)4)9(7-8)11(12,13)14/h5-7H,1-4H3. The molecule has 0 unspecified atom stereocenters. The minimum atomic E-state index is -4.32. The molecule has 0 fully saturated rings. The van der Waals surface area contributed by atoms with Gasteiger partial charge in [-0.25, -0.2) is 0 Å². The van der Waals surface area contributed by atoms with E-state index in [0.717, 1.165) is 6.07 Å². The normalized spacial score (nSPS) is 12.7. The first-order chi connectivity index (χ1) is 7.16. The Morgan fingerprint density at radius 1 is 1.12 bits per heavy atom. The van der Waals surface area contributed by atoms with Crippen LogP contribution in [0.2, 0.25) is 19.6 Å². The van der Waals surface area contributed by atoms with Gasteiger partial charge in [0.2, 0.25) is 0 Å². The van der Waals surface area contributed by atoms with E-state index in [1.165, 1.54) is 13.2 Å². The minimum Gasteiger partial charge on any atom is -0.497 e. The highest BCUT2D eigenvalue weighted by Crippen LogP contribution is 2.31. The summed E-state index contributed by atoms with van der Waals surface area (Å²) in [7, 11) is -0.634. The first kappa shape index (κ1) is 13.1. The molecule has 0 spiro atoms. The molecule has 5 heteroatoms. The van der Waals surface area contributed by atoms with Gasteiger partial charge in [0.05, 0.1) is 20.7 Å². The van der Waals surface area contributed by atoms with Gasteiger partial charge in [0.25, 0.3) is 0 Å². The third kappa shape index (κ3) is 2.78. The van der Waals surface area contributed by atoms with E-state index in [0.29, 0.717) is 5.19 Å². The van der Waals surface area contributed by atoms with Gasteiger partial charge in [-0.05, 0) is 17.3 Å². The van der Waals surface area contributed by atoms with E-state index < -0.39 is 19.8 Å². The third-order valence-electron chi connectivity index (χ3n) is 2.34. The monoisotopic (exact) mass is 248 g/mol. The van der Waals surface area contributed by atoms with E-state index in [1.807, 2.05) is 19.6 Å². The lowest BCUT2D eigenvalue weighted by molar-refractivity contribution is -0.136. The molecule has 0 aromatic heterocycles. The molecular formula is C11H15F3OSi. The molecule has 16 heavy (non-hydrogen) atoms. The minimum absolute atomic E-state index is 0.245. The molecule has 1 rings (SSSR count). The van der Waals surface area contributed by atoms with Crippen LogP contribution in [0, 0.1) is 0 Å². The van der Waals surface area contributed by atoms with Crippen molar-refractivity contribution < 1.29 is 17.9 Å². The molecule has 0 saturated carbocycles. The van der Waals surface area contributed by atoms with E-state index >= 15 is 0 Å². The molecular weight excluding hydrogens is 233 g/mol. The summed E-state index contributed by atoms with van der Waals surface area (Å²) in [6.45, 7) is 5.68. The van der Waals surface area contributed by atoms with Gasteiger partial charge in [-0.15, -0.1) is 0 Å². The molecule has 0 aliphatic rings. The summed E-state index contributed by atoms with van der Waals surface area (Å²) in [4.78, 5) is 0. The van der Waals surface area contributed by atoms with Crippen molar-refractivity contribution in [3.8, 4) is 5.75 Å². The van der Waals surface area contributed by atoms with Crippen molar-refractivity contribution in [2.45, 2.75) is 25.8 Å². The summed E-state index contributed by atoms with van der Waals surface area (Å²) in [5, 5.41) is 0.417. The van der Waals surface area contributed by atoms with Crippen molar-refractivity contribution in [1.82, 2.24) is 0 Å². The first-order valence-corrected chi connectivity index (χ1v) is 8.42. The highest BCUT2D eigenvalue weighted by atomic mass is 28.3. The highest BCUT2D eigenvalue weighted by Gasteiger charge is 2.37. The first-order valence-electron chi connectivity index (χ1n) is 4.92. The van der Waals surface area contributed by atoms with Crippen molar-refractivity contribution in [3.05, 3.63) is 23.8 Å². The molecule has 0 radical (unpaired) electrons. The smallest absolute Gasteiger partial charge is 0.416 e. The zero-order valence-corrected chi connectivity index (χ0v) is 10.8. The maximum atomic E-state index is 12.9. The third-order valence-corrected chi connectivity index (χ3v) is 4.39. The molecule has 0 aliphatic heterocycles. The van der Waals surface area contributed by atoms with Crippen LogP contribution in [0.4, 0.5) is 13.2 Å². The van der Waals surface area contributed by atoms with Crippen LogP contribution in [0.15, 0.2) is 18.2 Å². The van der Waals surface area contributed by atoms with Crippen LogP contribution in [-0.2, 0) is 6.18 Å². The van der Waals surface area contributed by atoms with Crippen molar-refractivity contribution in [2.75, 3.05) is 7.11 Å². The molecule has 0 heterocycles. The second-order valence-electron chi connectivity index (χ2n) is 4.66. The molecule has 0 aliphatic carbocycles. The lowest BCUT2D eigenvalue weighted by atomic mass is 10.2.